The molecule has 6 atom stereocenters. The van der Waals surface area contributed by atoms with Crippen LogP contribution in [0.15, 0.2) is 71.8 Å². The Balaban J connectivity index is 1.11. The highest BCUT2D eigenvalue weighted by atomic mass is 32.2. The molecule has 7 rings (SSSR count). The molecular weight excluding hydrogens is 921 g/mol. The average molecular weight is 993 g/mol. The maximum atomic E-state index is 13.9. The van der Waals surface area contributed by atoms with E-state index in [2.05, 4.69) is 109 Å². The molecule has 4 amide bonds. The molecule has 2 aliphatic heterocycles. The van der Waals surface area contributed by atoms with Crippen molar-refractivity contribution in [2.45, 2.75) is 116 Å². The van der Waals surface area contributed by atoms with Crippen molar-refractivity contribution in [1.82, 2.24) is 40.4 Å². The van der Waals surface area contributed by atoms with Crippen LogP contribution in [0.2, 0.25) is 0 Å². The van der Waals surface area contributed by atoms with E-state index in [1.54, 1.807) is 23.5 Å². The molecule has 376 valence electrons. The van der Waals surface area contributed by atoms with E-state index in [1.165, 1.54) is 36.5 Å². The number of benzene rings is 2. The van der Waals surface area contributed by atoms with Gasteiger partial charge in [0.25, 0.3) is 0 Å². The monoisotopic (exact) mass is 993 g/mol. The van der Waals surface area contributed by atoms with Crippen LogP contribution in [0.4, 0.5) is 9.59 Å². The minimum absolute atomic E-state index is 0.106. The molecular formula is C54H72N8O6S2. The number of nitrogens with zero attached hydrogens (tertiary/aromatic N) is 4. The number of amides is 4. The van der Waals surface area contributed by atoms with E-state index >= 15 is 0 Å². The number of aromatic amines is 2. The fourth-order valence-corrected chi connectivity index (χ4v) is 11.1. The van der Waals surface area contributed by atoms with Gasteiger partial charge in [0.2, 0.25) is 11.8 Å². The molecule has 14 nitrogen and oxygen atoms in total. The van der Waals surface area contributed by atoms with Crippen LogP contribution in [0.5, 0.6) is 0 Å². The standard InChI is InChI=1S/C54H72N8O6S2/c1-9-36-17-19-37(35(4)38-20-22-41-45(31-38)57-49(55-41)47-12-10-26-61(47)51(63)43(24-28-69-7)59-53(65)67-5)18-15-33(2)14-16-34(3)40(30-36)39-21-23-42-46(32-39)58-50(56-42)48-13-11-27-62(48)52(64)44(25-29-70-8)60-54(66)68-6/h9,15,18,20-23,30-34,43-44,47-48H,10-14,16-17,19,24-29H2,1-8H3,(H,55,57)(H,56,58)(H,59,65)(H,60,66)/b18-15-,36-9-,37-35-,40-30+/t33-,34-,43+,44+,47+,48+/m1/s1. The number of imidazole rings is 2. The molecule has 1 aliphatic carbocycles. The van der Waals surface area contributed by atoms with E-state index in [0.29, 0.717) is 37.8 Å². The van der Waals surface area contributed by atoms with Crippen molar-refractivity contribution in [1.29, 1.82) is 0 Å². The van der Waals surface area contributed by atoms with Gasteiger partial charge in [0.15, 0.2) is 0 Å². The van der Waals surface area contributed by atoms with Crippen molar-refractivity contribution in [3.8, 4) is 0 Å². The van der Waals surface area contributed by atoms with Crippen LogP contribution in [0, 0.1) is 11.8 Å². The number of carbonyl (C=O) groups is 4. The van der Waals surface area contributed by atoms with E-state index in [0.717, 1.165) is 108 Å². The van der Waals surface area contributed by atoms with Crippen molar-refractivity contribution in [3.05, 3.63) is 94.6 Å². The average Bonchev–Trinajstić information content (AvgIpc) is 4.21. The summed E-state index contributed by atoms with van der Waals surface area (Å²) in [5.74, 6) is 3.47. The maximum absolute atomic E-state index is 13.9. The molecule has 3 aliphatic rings. The quantitative estimate of drug-likeness (QED) is 0.0952. The first-order valence-electron chi connectivity index (χ1n) is 24.9. The van der Waals surface area contributed by atoms with E-state index in [-0.39, 0.29) is 23.9 Å². The molecule has 4 aromatic rings. The molecule has 0 radical (unpaired) electrons. The number of likely N-dealkylation sites (tertiary alicyclic amines) is 2. The van der Waals surface area contributed by atoms with Gasteiger partial charge in [-0.05, 0) is 166 Å². The second kappa shape index (κ2) is 24.6. The Morgan fingerprint density at radius 2 is 1.34 bits per heavy atom. The molecule has 2 aromatic heterocycles. The number of hydrogen-bond acceptors (Lipinski definition) is 10. The number of hydrogen-bond donors (Lipinski definition) is 4. The molecule has 0 unspecified atom stereocenters. The van der Waals surface area contributed by atoms with E-state index in [9.17, 15) is 19.2 Å². The fraction of sp³-hybridized carbons (Fsp3) is 0.519. The molecule has 2 saturated heterocycles. The number of alkyl carbamates (subject to hydrolysis) is 2. The molecule has 2 aromatic carbocycles. The van der Waals surface area contributed by atoms with Gasteiger partial charge in [0.1, 0.15) is 23.7 Å². The Hall–Kier alpha value is -5.48. The van der Waals surface area contributed by atoms with Crippen molar-refractivity contribution in [2.75, 3.05) is 51.3 Å². The van der Waals surface area contributed by atoms with Crippen LogP contribution >= 0.6 is 23.5 Å². The number of ether oxygens (including phenoxy) is 2. The van der Waals surface area contributed by atoms with Crippen molar-refractivity contribution in [2.24, 2.45) is 11.8 Å². The number of aromatic nitrogens is 4. The summed E-state index contributed by atoms with van der Waals surface area (Å²) in [5.41, 5.74) is 10.9. The highest BCUT2D eigenvalue weighted by molar-refractivity contribution is 7.98. The zero-order valence-corrected chi connectivity index (χ0v) is 43.8. The van der Waals surface area contributed by atoms with Crippen LogP contribution in [0.1, 0.15) is 127 Å². The Kier molecular flexibility index (Phi) is 18.4. The summed E-state index contributed by atoms with van der Waals surface area (Å²) in [7, 11) is 2.63. The lowest BCUT2D eigenvalue weighted by atomic mass is 9.85. The smallest absolute Gasteiger partial charge is 0.407 e. The van der Waals surface area contributed by atoms with Gasteiger partial charge in [-0.3, -0.25) is 9.59 Å². The topological polar surface area (TPSA) is 175 Å². The molecule has 16 heteroatoms. The lowest BCUT2D eigenvalue weighted by Gasteiger charge is -2.28. The molecule has 70 heavy (non-hydrogen) atoms. The van der Waals surface area contributed by atoms with Gasteiger partial charge in [-0.25, -0.2) is 19.6 Å². The first kappa shape index (κ1) is 52.3. The zero-order chi connectivity index (χ0) is 49.9. The number of carbonyl (C=O) groups excluding carboxylic acids is 4. The number of H-pyrrole nitrogens is 2. The largest absolute Gasteiger partial charge is 0.453 e. The van der Waals surface area contributed by atoms with E-state index in [1.807, 2.05) is 22.3 Å². The van der Waals surface area contributed by atoms with Gasteiger partial charge in [-0.2, -0.15) is 23.5 Å². The molecule has 2 fully saturated rings. The van der Waals surface area contributed by atoms with E-state index < -0.39 is 24.3 Å². The summed E-state index contributed by atoms with van der Waals surface area (Å²) in [5, 5.41) is 5.53. The van der Waals surface area contributed by atoms with Crippen LogP contribution < -0.4 is 10.6 Å². The number of rotatable bonds is 14. The SMILES string of the molecule is C/C=C1\C=C(\c2ccc3[nH]c([C@@H]4CCCN4C(=O)[C@H](CCSC)NC(=O)OC)nc3c2)[C@H](C)CC[C@@H](C)/C=C\C(=C(/C)c2ccc3[nH]c([C@@H]4CCCN4C(=O)[C@H](CCSC)NC(=O)OC)nc3c2)CC1. The Bertz CT molecular complexity index is 2630. The predicted octanol–water partition coefficient (Wildman–Crippen LogP) is 10.9. The maximum Gasteiger partial charge on any atom is 0.407 e. The van der Waals surface area contributed by atoms with Crippen molar-refractivity contribution in [3.63, 3.8) is 0 Å². The normalized spacial score (nSPS) is 23.5. The summed E-state index contributed by atoms with van der Waals surface area (Å²) in [6.07, 6.45) is 20.2. The van der Waals surface area contributed by atoms with Crippen LogP contribution in [-0.4, -0.2) is 117 Å². The second-order valence-electron chi connectivity index (χ2n) is 19.0. The first-order chi connectivity index (χ1) is 33.8. The summed E-state index contributed by atoms with van der Waals surface area (Å²) in [6.45, 7) is 10.2. The molecule has 0 bridgehead atoms. The third-order valence-corrected chi connectivity index (χ3v) is 15.6. The zero-order valence-electron chi connectivity index (χ0n) is 42.2. The Labute approximate surface area is 421 Å². The number of thioether (sulfide) groups is 2. The van der Waals surface area contributed by atoms with Gasteiger partial charge in [0.05, 0.1) is 48.4 Å². The molecule has 4 N–H and O–H groups in total. The molecule has 4 heterocycles. The van der Waals surface area contributed by atoms with Crippen LogP contribution in [0.3, 0.4) is 0 Å². The van der Waals surface area contributed by atoms with Gasteiger partial charge >= 0.3 is 12.2 Å². The number of fused-ring (bicyclic) bond motifs is 2. The highest BCUT2D eigenvalue weighted by Crippen LogP contribution is 2.38. The second-order valence-corrected chi connectivity index (χ2v) is 20.9. The van der Waals surface area contributed by atoms with Crippen LogP contribution in [-0.2, 0) is 19.1 Å². The number of methoxy groups -OCH3 is 2. The predicted molar refractivity (Wildman–Crippen MR) is 284 cm³/mol. The van der Waals surface area contributed by atoms with Crippen molar-refractivity contribution < 1.29 is 28.7 Å². The van der Waals surface area contributed by atoms with Crippen LogP contribution in [0.25, 0.3) is 33.2 Å². The highest BCUT2D eigenvalue weighted by Gasteiger charge is 2.38. The summed E-state index contributed by atoms with van der Waals surface area (Å²) >= 11 is 3.28. The fourth-order valence-electron chi connectivity index (χ4n) is 10.1. The first-order valence-corrected chi connectivity index (χ1v) is 27.7. The number of nitrogens with one attached hydrogen (secondary N) is 4. The Morgan fingerprint density at radius 1 is 0.786 bits per heavy atom. The van der Waals surface area contributed by atoms with E-state index in [4.69, 9.17) is 19.4 Å². The summed E-state index contributed by atoms with van der Waals surface area (Å²) < 4.78 is 9.70. The van der Waals surface area contributed by atoms with Gasteiger partial charge < -0.3 is 39.9 Å². The third-order valence-electron chi connectivity index (χ3n) is 14.3. The number of allylic oxidation sites excluding steroid dienone is 8. The molecule has 0 spiro atoms. The van der Waals surface area contributed by atoms with Gasteiger partial charge in [-0.1, -0.05) is 55.9 Å². The van der Waals surface area contributed by atoms with Gasteiger partial charge in [0, 0.05) is 13.1 Å². The minimum atomic E-state index is -0.663. The van der Waals surface area contributed by atoms with Crippen molar-refractivity contribution >= 4 is 80.7 Å². The van der Waals surface area contributed by atoms with Gasteiger partial charge in [-0.15, -0.1) is 0 Å². The lowest BCUT2D eigenvalue weighted by molar-refractivity contribution is -0.135. The third kappa shape index (κ3) is 12.5. The summed E-state index contributed by atoms with van der Waals surface area (Å²) in [6, 6.07) is 11.2. The Morgan fingerprint density at radius 3 is 1.89 bits per heavy atom. The lowest BCUT2D eigenvalue weighted by Crippen LogP contribution is -2.48. The summed E-state index contributed by atoms with van der Waals surface area (Å²) in [4.78, 5) is 73.2. The minimum Gasteiger partial charge on any atom is -0.453 e. The molecule has 0 saturated carbocycles.